The number of hydrogen-bond acceptors (Lipinski definition) is 4. The van der Waals surface area contributed by atoms with Gasteiger partial charge < -0.3 is 19.6 Å². The summed E-state index contributed by atoms with van der Waals surface area (Å²) in [6.45, 7) is 6.95. The van der Waals surface area contributed by atoms with Gasteiger partial charge in [-0.2, -0.15) is 0 Å². The molecule has 0 saturated heterocycles. The fourth-order valence-electron chi connectivity index (χ4n) is 0.852. The van der Waals surface area contributed by atoms with Crippen LogP contribution in [0, 0.1) is 0 Å². The number of amides is 1. The molecular weight excluding hydrogens is 198 g/mol. The fourth-order valence-corrected chi connectivity index (χ4v) is 0.852. The molecule has 0 aliphatic rings. The third-order valence-electron chi connectivity index (χ3n) is 1.71. The van der Waals surface area contributed by atoms with Gasteiger partial charge in [-0.05, 0) is 27.7 Å². The van der Waals surface area contributed by atoms with Crippen LogP contribution in [0.5, 0.6) is 0 Å². The Bertz CT molecular complexity index is 222. The van der Waals surface area contributed by atoms with Crippen LogP contribution < -0.4 is 5.32 Å². The van der Waals surface area contributed by atoms with E-state index in [9.17, 15) is 9.59 Å². The van der Waals surface area contributed by atoms with Crippen LogP contribution >= 0.6 is 0 Å². The van der Waals surface area contributed by atoms with E-state index in [1.165, 1.54) is 7.11 Å². The molecule has 88 valence electrons. The summed E-state index contributed by atoms with van der Waals surface area (Å²) < 4.78 is 9.93. The number of carbonyl (C=O) groups excluding carboxylic acids is 2. The number of nitrogens with one attached hydrogen (secondary N) is 1. The van der Waals surface area contributed by atoms with Crippen molar-refractivity contribution < 1.29 is 19.1 Å². The molecule has 0 aliphatic carbocycles. The number of rotatable bonds is 4. The predicted octanol–water partition coefficient (Wildman–Crippen LogP) is 1.11. The van der Waals surface area contributed by atoms with Crippen LogP contribution in [0.2, 0.25) is 0 Å². The summed E-state index contributed by atoms with van der Waals surface area (Å²) in [5, 5.41) is 2.42. The number of methoxy groups -OCH3 is 1. The summed E-state index contributed by atoms with van der Waals surface area (Å²) in [7, 11) is 1.47. The van der Waals surface area contributed by atoms with Crippen molar-refractivity contribution in [3.63, 3.8) is 0 Å². The SMILES string of the molecule is CO[C@H](C)[C@@H](C=O)NC(=O)OC(C)(C)C. The lowest BCUT2D eigenvalue weighted by atomic mass is 10.2. The van der Waals surface area contributed by atoms with Crippen LogP contribution in [-0.2, 0) is 14.3 Å². The van der Waals surface area contributed by atoms with Crippen LogP contribution in [0.3, 0.4) is 0 Å². The quantitative estimate of drug-likeness (QED) is 0.716. The molecule has 0 aromatic carbocycles. The van der Waals surface area contributed by atoms with Gasteiger partial charge in [0.05, 0.1) is 6.10 Å². The van der Waals surface area contributed by atoms with Crippen LogP contribution in [0.15, 0.2) is 0 Å². The van der Waals surface area contributed by atoms with Gasteiger partial charge in [0.25, 0.3) is 0 Å². The molecule has 0 heterocycles. The number of alkyl carbamates (subject to hydrolysis) is 1. The van der Waals surface area contributed by atoms with E-state index in [2.05, 4.69) is 5.32 Å². The van der Waals surface area contributed by atoms with Crippen molar-refractivity contribution in [3.05, 3.63) is 0 Å². The van der Waals surface area contributed by atoms with E-state index in [1.807, 2.05) is 0 Å². The van der Waals surface area contributed by atoms with Crippen molar-refractivity contribution in [2.75, 3.05) is 7.11 Å². The Morgan fingerprint density at radius 3 is 2.27 bits per heavy atom. The Hall–Kier alpha value is -1.10. The second-order valence-corrected chi connectivity index (χ2v) is 4.25. The molecular formula is C10H19NO4. The van der Waals surface area contributed by atoms with Crippen LogP contribution in [0.25, 0.3) is 0 Å². The van der Waals surface area contributed by atoms with Gasteiger partial charge >= 0.3 is 6.09 Å². The highest BCUT2D eigenvalue weighted by Gasteiger charge is 2.22. The topological polar surface area (TPSA) is 64.6 Å². The van der Waals surface area contributed by atoms with Gasteiger partial charge in [-0.1, -0.05) is 0 Å². The van der Waals surface area contributed by atoms with Gasteiger partial charge in [-0.25, -0.2) is 4.79 Å². The second kappa shape index (κ2) is 5.70. The maximum Gasteiger partial charge on any atom is 0.408 e. The van der Waals surface area contributed by atoms with Crippen molar-refractivity contribution in [2.45, 2.75) is 45.4 Å². The van der Waals surface area contributed by atoms with Gasteiger partial charge in [0.2, 0.25) is 0 Å². The molecule has 0 rings (SSSR count). The Morgan fingerprint density at radius 2 is 1.93 bits per heavy atom. The number of aldehydes is 1. The maximum atomic E-state index is 11.3. The lowest BCUT2D eigenvalue weighted by Gasteiger charge is -2.23. The van der Waals surface area contributed by atoms with Crippen molar-refractivity contribution in [1.82, 2.24) is 5.32 Å². The third kappa shape index (κ3) is 6.06. The first-order chi connectivity index (χ1) is 6.80. The highest BCUT2D eigenvalue weighted by Crippen LogP contribution is 2.07. The minimum atomic E-state index is -0.690. The zero-order chi connectivity index (χ0) is 12.1. The van der Waals surface area contributed by atoms with E-state index in [-0.39, 0.29) is 6.10 Å². The monoisotopic (exact) mass is 217 g/mol. The van der Waals surface area contributed by atoms with E-state index >= 15 is 0 Å². The lowest BCUT2D eigenvalue weighted by molar-refractivity contribution is -0.112. The Kier molecular flexibility index (Phi) is 5.28. The van der Waals surface area contributed by atoms with Gasteiger partial charge in [-0.15, -0.1) is 0 Å². The molecule has 0 aliphatic heterocycles. The smallest absolute Gasteiger partial charge is 0.408 e. The van der Waals surface area contributed by atoms with Crippen molar-refractivity contribution in [3.8, 4) is 0 Å². The molecule has 0 aromatic rings. The number of ether oxygens (including phenoxy) is 2. The zero-order valence-electron chi connectivity index (χ0n) is 9.87. The minimum Gasteiger partial charge on any atom is -0.444 e. The van der Waals surface area contributed by atoms with Crippen molar-refractivity contribution >= 4 is 12.4 Å². The fraction of sp³-hybridized carbons (Fsp3) is 0.800. The van der Waals surface area contributed by atoms with Crippen LogP contribution in [0.4, 0.5) is 4.79 Å². The molecule has 15 heavy (non-hydrogen) atoms. The molecule has 5 heteroatoms. The molecule has 0 bridgehead atoms. The highest BCUT2D eigenvalue weighted by atomic mass is 16.6. The Morgan fingerprint density at radius 1 is 1.40 bits per heavy atom. The maximum absolute atomic E-state index is 11.3. The first-order valence-corrected chi connectivity index (χ1v) is 4.77. The van der Waals surface area contributed by atoms with E-state index in [0.29, 0.717) is 6.29 Å². The molecule has 5 nitrogen and oxygen atoms in total. The minimum absolute atomic E-state index is 0.380. The molecule has 0 fully saturated rings. The Labute approximate surface area is 90.1 Å². The molecule has 0 unspecified atom stereocenters. The summed E-state index contributed by atoms with van der Waals surface area (Å²) >= 11 is 0. The third-order valence-corrected chi connectivity index (χ3v) is 1.71. The summed E-state index contributed by atoms with van der Waals surface area (Å²) in [5.74, 6) is 0. The van der Waals surface area contributed by atoms with E-state index in [0.717, 1.165) is 0 Å². The van der Waals surface area contributed by atoms with E-state index < -0.39 is 17.7 Å². The Balaban J connectivity index is 4.19. The average Bonchev–Trinajstić information content (AvgIpc) is 2.10. The molecule has 0 spiro atoms. The second-order valence-electron chi connectivity index (χ2n) is 4.25. The molecule has 2 atom stereocenters. The van der Waals surface area contributed by atoms with Gasteiger partial charge in [0.1, 0.15) is 17.9 Å². The summed E-state index contributed by atoms with van der Waals surface area (Å²) in [4.78, 5) is 22.0. The first-order valence-electron chi connectivity index (χ1n) is 4.77. The van der Waals surface area contributed by atoms with Crippen molar-refractivity contribution in [2.24, 2.45) is 0 Å². The summed E-state index contributed by atoms with van der Waals surface area (Å²) in [6.07, 6.45) is -0.378. The van der Waals surface area contributed by atoms with Crippen LogP contribution in [-0.4, -0.2) is 37.2 Å². The van der Waals surface area contributed by atoms with Crippen LogP contribution in [0.1, 0.15) is 27.7 Å². The van der Waals surface area contributed by atoms with Crippen molar-refractivity contribution in [1.29, 1.82) is 0 Å². The molecule has 1 amide bonds. The molecule has 0 aromatic heterocycles. The van der Waals surface area contributed by atoms with Gasteiger partial charge in [0, 0.05) is 7.11 Å². The molecule has 0 saturated carbocycles. The summed E-state index contributed by atoms with van der Waals surface area (Å²) in [6, 6.07) is -0.690. The molecule has 1 N–H and O–H groups in total. The zero-order valence-corrected chi connectivity index (χ0v) is 9.87. The first kappa shape index (κ1) is 13.9. The number of hydrogen-bond donors (Lipinski definition) is 1. The normalized spacial score (nSPS) is 15.3. The van der Waals surface area contributed by atoms with Gasteiger partial charge in [0.15, 0.2) is 0 Å². The molecule has 0 radical (unpaired) electrons. The summed E-state index contributed by atoms with van der Waals surface area (Å²) in [5.41, 5.74) is -0.576. The average molecular weight is 217 g/mol. The number of carbonyl (C=O) groups is 2. The highest BCUT2D eigenvalue weighted by molar-refractivity contribution is 5.73. The lowest BCUT2D eigenvalue weighted by Crippen LogP contribution is -2.46. The van der Waals surface area contributed by atoms with Gasteiger partial charge in [-0.3, -0.25) is 0 Å². The largest absolute Gasteiger partial charge is 0.444 e. The predicted molar refractivity (Wildman–Crippen MR) is 55.7 cm³/mol. The standard InChI is InChI=1S/C10H19NO4/c1-7(14-5)8(6-12)11-9(13)15-10(2,3)4/h6-8H,1-5H3,(H,11,13)/t7-,8-/m1/s1. The van der Waals surface area contributed by atoms with E-state index in [4.69, 9.17) is 9.47 Å². The van der Waals surface area contributed by atoms with E-state index in [1.54, 1.807) is 27.7 Å².